The first-order valence-electron chi connectivity index (χ1n) is 4.19. The molecule has 76 valence electrons. The normalized spacial score (nSPS) is 10.2. The predicted octanol–water partition coefficient (Wildman–Crippen LogP) is 2.09. The summed E-state index contributed by atoms with van der Waals surface area (Å²) in [5, 5.41) is 4.20. The van der Waals surface area contributed by atoms with E-state index in [1.165, 1.54) is 6.26 Å². The van der Waals surface area contributed by atoms with Crippen LogP contribution in [-0.4, -0.2) is 11.1 Å². The topological polar surface area (TPSA) is 69.1 Å². The second-order valence-corrected chi connectivity index (χ2v) is 3.33. The highest BCUT2D eigenvalue weighted by Gasteiger charge is 2.16. The van der Waals surface area contributed by atoms with Crippen molar-refractivity contribution in [2.24, 2.45) is 5.73 Å². The number of primary amides is 1. The summed E-state index contributed by atoms with van der Waals surface area (Å²) in [6, 6.07) is 7.03. The number of nitrogens with zero attached hydrogens (tertiary/aromatic N) is 1. The molecule has 0 bridgehead atoms. The summed E-state index contributed by atoms with van der Waals surface area (Å²) >= 11 is 5.96. The molecule has 4 nitrogen and oxygen atoms in total. The summed E-state index contributed by atoms with van der Waals surface area (Å²) < 4.78 is 4.71. The summed E-state index contributed by atoms with van der Waals surface area (Å²) in [6.07, 6.45) is 1.21. The van der Waals surface area contributed by atoms with Crippen molar-refractivity contribution in [3.63, 3.8) is 0 Å². The molecule has 2 aromatic rings. The molecule has 1 aromatic heterocycles. The third kappa shape index (κ3) is 1.71. The van der Waals surface area contributed by atoms with Gasteiger partial charge in [0, 0.05) is 5.56 Å². The minimum atomic E-state index is -0.592. The number of aromatic nitrogens is 1. The predicted molar refractivity (Wildman–Crippen MR) is 55.5 cm³/mol. The first kappa shape index (κ1) is 9.73. The number of rotatable bonds is 2. The third-order valence-electron chi connectivity index (χ3n) is 1.96. The van der Waals surface area contributed by atoms with Gasteiger partial charge in [0.2, 0.25) is 0 Å². The molecule has 2 N–H and O–H groups in total. The van der Waals surface area contributed by atoms with Crippen LogP contribution in [0.4, 0.5) is 0 Å². The Labute approximate surface area is 90.6 Å². The lowest BCUT2D eigenvalue weighted by Crippen LogP contribution is -2.11. The Hall–Kier alpha value is -1.81. The highest BCUT2D eigenvalue weighted by atomic mass is 35.5. The van der Waals surface area contributed by atoms with Gasteiger partial charge in [-0.15, -0.1) is 0 Å². The van der Waals surface area contributed by atoms with Crippen molar-refractivity contribution in [1.82, 2.24) is 5.16 Å². The lowest BCUT2D eigenvalue weighted by Gasteiger charge is -2.00. The molecule has 0 atom stereocenters. The van der Waals surface area contributed by atoms with Gasteiger partial charge in [0.25, 0.3) is 5.91 Å². The molecular weight excluding hydrogens is 216 g/mol. The molecule has 0 aliphatic heterocycles. The van der Waals surface area contributed by atoms with Crippen LogP contribution in [0.2, 0.25) is 5.02 Å². The van der Waals surface area contributed by atoms with Crippen LogP contribution < -0.4 is 5.73 Å². The molecule has 0 spiro atoms. The molecule has 1 amide bonds. The monoisotopic (exact) mass is 222 g/mol. The maximum atomic E-state index is 11.0. The molecule has 2 rings (SSSR count). The molecule has 0 radical (unpaired) electrons. The van der Waals surface area contributed by atoms with Gasteiger partial charge in [0.1, 0.15) is 17.5 Å². The van der Waals surface area contributed by atoms with Gasteiger partial charge in [-0.25, -0.2) is 0 Å². The van der Waals surface area contributed by atoms with Crippen molar-refractivity contribution in [3.05, 3.63) is 41.1 Å². The van der Waals surface area contributed by atoms with Gasteiger partial charge in [0.05, 0.1) is 5.02 Å². The number of nitrogens with two attached hydrogens (primary N) is 1. The lowest BCUT2D eigenvalue weighted by atomic mass is 10.1. The molecule has 0 aliphatic carbocycles. The van der Waals surface area contributed by atoms with Gasteiger partial charge in [-0.3, -0.25) is 4.79 Å². The first-order chi connectivity index (χ1) is 7.20. The van der Waals surface area contributed by atoms with Crippen LogP contribution in [0.5, 0.6) is 0 Å². The first-order valence-corrected chi connectivity index (χ1v) is 4.57. The zero-order valence-corrected chi connectivity index (χ0v) is 8.36. The van der Waals surface area contributed by atoms with E-state index in [4.69, 9.17) is 21.9 Å². The van der Waals surface area contributed by atoms with E-state index < -0.39 is 5.91 Å². The summed E-state index contributed by atoms with van der Waals surface area (Å²) in [6.45, 7) is 0. The average Bonchev–Trinajstić information content (AvgIpc) is 2.67. The fraction of sp³-hybridized carbons (Fsp3) is 0. The molecule has 0 fully saturated rings. The number of benzene rings is 1. The zero-order chi connectivity index (χ0) is 10.8. The van der Waals surface area contributed by atoms with Crippen LogP contribution in [0.3, 0.4) is 0 Å². The maximum Gasteiger partial charge on any atom is 0.254 e. The molecule has 0 aliphatic rings. The SMILES string of the molecule is NC(=O)c1conc1-c1ccccc1Cl. The highest BCUT2D eigenvalue weighted by Crippen LogP contribution is 2.28. The van der Waals surface area contributed by atoms with Crippen molar-refractivity contribution in [3.8, 4) is 11.3 Å². The Morgan fingerprint density at radius 1 is 1.40 bits per heavy atom. The highest BCUT2D eigenvalue weighted by molar-refractivity contribution is 6.33. The number of carbonyl (C=O) groups is 1. The van der Waals surface area contributed by atoms with E-state index in [0.717, 1.165) is 0 Å². The second-order valence-electron chi connectivity index (χ2n) is 2.92. The standard InChI is InChI=1S/C10H7ClN2O2/c11-8-4-2-1-3-6(8)9-7(10(12)14)5-15-13-9/h1-5H,(H2,12,14). The maximum absolute atomic E-state index is 11.0. The fourth-order valence-electron chi connectivity index (χ4n) is 1.26. The van der Waals surface area contributed by atoms with Crippen molar-refractivity contribution >= 4 is 17.5 Å². The Bertz CT molecular complexity index is 508. The van der Waals surface area contributed by atoms with Crippen molar-refractivity contribution in [1.29, 1.82) is 0 Å². The average molecular weight is 223 g/mol. The Balaban J connectivity index is 2.59. The Morgan fingerprint density at radius 3 is 2.80 bits per heavy atom. The molecule has 5 heteroatoms. The Morgan fingerprint density at radius 2 is 2.13 bits per heavy atom. The zero-order valence-electron chi connectivity index (χ0n) is 7.61. The van der Waals surface area contributed by atoms with E-state index in [2.05, 4.69) is 5.16 Å². The van der Waals surface area contributed by atoms with Crippen molar-refractivity contribution in [2.45, 2.75) is 0 Å². The Kier molecular flexibility index (Phi) is 2.43. The van der Waals surface area contributed by atoms with E-state index >= 15 is 0 Å². The van der Waals surface area contributed by atoms with E-state index in [0.29, 0.717) is 16.3 Å². The van der Waals surface area contributed by atoms with Crippen LogP contribution in [0.25, 0.3) is 11.3 Å². The number of carbonyl (C=O) groups excluding carboxylic acids is 1. The molecule has 1 heterocycles. The summed E-state index contributed by atoms with van der Waals surface area (Å²) in [5.74, 6) is -0.592. The molecular formula is C10H7ClN2O2. The summed E-state index contributed by atoms with van der Waals surface area (Å²) in [5.41, 5.74) is 6.38. The minimum absolute atomic E-state index is 0.225. The molecule has 0 unspecified atom stereocenters. The quantitative estimate of drug-likeness (QED) is 0.846. The van der Waals surface area contributed by atoms with Crippen LogP contribution in [0.1, 0.15) is 10.4 Å². The largest absolute Gasteiger partial charge is 0.365 e. The molecule has 0 saturated heterocycles. The molecule has 1 aromatic carbocycles. The molecule has 0 saturated carbocycles. The van der Waals surface area contributed by atoms with E-state index in [1.54, 1.807) is 24.3 Å². The number of hydrogen-bond donors (Lipinski definition) is 1. The fourth-order valence-corrected chi connectivity index (χ4v) is 1.48. The van der Waals surface area contributed by atoms with E-state index in [9.17, 15) is 4.79 Å². The van der Waals surface area contributed by atoms with Crippen molar-refractivity contribution in [2.75, 3.05) is 0 Å². The van der Waals surface area contributed by atoms with Gasteiger partial charge < -0.3 is 10.3 Å². The number of halogens is 1. The van der Waals surface area contributed by atoms with Gasteiger partial charge in [-0.2, -0.15) is 0 Å². The lowest BCUT2D eigenvalue weighted by molar-refractivity contribution is 0.1000. The molecule has 15 heavy (non-hydrogen) atoms. The van der Waals surface area contributed by atoms with Gasteiger partial charge in [0.15, 0.2) is 0 Å². The smallest absolute Gasteiger partial charge is 0.254 e. The number of hydrogen-bond acceptors (Lipinski definition) is 3. The van der Waals surface area contributed by atoms with Crippen LogP contribution in [0.15, 0.2) is 35.1 Å². The minimum Gasteiger partial charge on any atom is -0.365 e. The van der Waals surface area contributed by atoms with E-state index in [1.807, 2.05) is 0 Å². The van der Waals surface area contributed by atoms with Crippen molar-refractivity contribution < 1.29 is 9.32 Å². The third-order valence-corrected chi connectivity index (χ3v) is 2.29. The van der Waals surface area contributed by atoms with Crippen LogP contribution in [0, 0.1) is 0 Å². The van der Waals surface area contributed by atoms with Crippen LogP contribution in [-0.2, 0) is 0 Å². The van der Waals surface area contributed by atoms with E-state index in [-0.39, 0.29) is 5.56 Å². The van der Waals surface area contributed by atoms with Crippen LogP contribution >= 0.6 is 11.6 Å². The van der Waals surface area contributed by atoms with Gasteiger partial charge in [-0.05, 0) is 6.07 Å². The van der Waals surface area contributed by atoms with Gasteiger partial charge in [-0.1, -0.05) is 35.0 Å². The summed E-state index contributed by atoms with van der Waals surface area (Å²) in [7, 11) is 0. The number of amides is 1. The van der Waals surface area contributed by atoms with Gasteiger partial charge >= 0.3 is 0 Å². The second kappa shape index (κ2) is 3.74. The summed E-state index contributed by atoms with van der Waals surface area (Å²) in [4.78, 5) is 11.0.